The molecular weight excluding hydrogens is 132 g/mol. The first kappa shape index (κ1) is 9.23. The van der Waals surface area contributed by atoms with Crippen molar-refractivity contribution in [2.45, 2.75) is 19.3 Å². The number of carboxylic acid groups (broad SMARTS) is 1. The number of amides is 1. The van der Waals surface area contributed by atoms with Gasteiger partial charge in [-0.3, -0.25) is 0 Å². The molecule has 0 aliphatic carbocycles. The van der Waals surface area contributed by atoms with Gasteiger partial charge < -0.3 is 16.2 Å². The van der Waals surface area contributed by atoms with Gasteiger partial charge in [-0.15, -0.1) is 0 Å². The summed E-state index contributed by atoms with van der Waals surface area (Å²) in [5.74, 6) is 0. The minimum absolute atomic E-state index is 0.537. The van der Waals surface area contributed by atoms with E-state index in [0.717, 1.165) is 19.3 Å². The molecule has 0 aliphatic heterocycles. The maximum atomic E-state index is 9.90. The Kier molecular flexibility index (Phi) is 5.86. The molecule has 0 rings (SSSR count). The van der Waals surface area contributed by atoms with Gasteiger partial charge in [-0.25, -0.2) is 4.79 Å². The Morgan fingerprint density at radius 3 is 2.60 bits per heavy atom. The number of rotatable bonds is 5. The molecule has 0 heterocycles. The van der Waals surface area contributed by atoms with Crippen LogP contribution in [0.5, 0.6) is 0 Å². The summed E-state index contributed by atoms with van der Waals surface area (Å²) in [6.07, 6.45) is 1.90. The highest BCUT2D eigenvalue weighted by Gasteiger charge is 1.91. The fourth-order valence-corrected chi connectivity index (χ4v) is 0.641. The number of unbranched alkanes of at least 4 members (excludes halogenated alkanes) is 2. The highest BCUT2D eigenvalue weighted by Crippen LogP contribution is 1.90. The Morgan fingerprint density at radius 1 is 1.40 bits per heavy atom. The van der Waals surface area contributed by atoms with Crippen LogP contribution in [0.1, 0.15) is 19.3 Å². The predicted molar refractivity (Wildman–Crippen MR) is 38.9 cm³/mol. The maximum Gasteiger partial charge on any atom is 0.404 e. The quantitative estimate of drug-likeness (QED) is 0.491. The monoisotopic (exact) mass is 146 g/mol. The highest BCUT2D eigenvalue weighted by molar-refractivity contribution is 5.64. The van der Waals surface area contributed by atoms with Crippen LogP contribution in [0.4, 0.5) is 4.79 Å². The van der Waals surface area contributed by atoms with Crippen LogP contribution in [0, 0.1) is 0 Å². The Balaban J connectivity index is 2.84. The van der Waals surface area contributed by atoms with Crippen molar-refractivity contribution in [2.75, 3.05) is 13.1 Å². The van der Waals surface area contributed by atoms with Crippen LogP contribution in [0.3, 0.4) is 0 Å². The Hall–Kier alpha value is -0.770. The molecule has 0 aliphatic rings. The van der Waals surface area contributed by atoms with Gasteiger partial charge in [-0.1, -0.05) is 6.42 Å². The molecule has 0 aromatic carbocycles. The van der Waals surface area contributed by atoms with Crippen LogP contribution in [-0.2, 0) is 0 Å². The molecule has 0 bridgehead atoms. The van der Waals surface area contributed by atoms with Crippen molar-refractivity contribution in [1.29, 1.82) is 0 Å². The zero-order chi connectivity index (χ0) is 7.82. The van der Waals surface area contributed by atoms with Crippen molar-refractivity contribution < 1.29 is 9.90 Å². The second kappa shape index (κ2) is 6.35. The fraction of sp³-hybridized carbons (Fsp3) is 0.833. The van der Waals surface area contributed by atoms with Crippen LogP contribution in [0.25, 0.3) is 0 Å². The zero-order valence-corrected chi connectivity index (χ0v) is 5.97. The van der Waals surface area contributed by atoms with Gasteiger partial charge in [-0.05, 0) is 19.4 Å². The molecule has 4 N–H and O–H groups in total. The van der Waals surface area contributed by atoms with Crippen molar-refractivity contribution >= 4 is 6.09 Å². The lowest BCUT2D eigenvalue weighted by molar-refractivity contribution is 0.194. The lowest BCUT2D eigenvalue weighted by atomic mass is 10.2. The van der Waals surface area contributed by atoms with Crippen molar-refractivity contribution in [2.24, 2.45) is 5.73 Å². The summed E-state index contributed by atoms with van der Waals surface area (Å²) in [5.41, 5.74) is 5.23. The summed E-state index contributed by atoms with van der Waals surface area (Å²) in [6.45, 7) is 1.22. The topological polar surface area (TPSA) is 75.3 Å². The number of nitrogens with one attached hydrogen (secondary N) is 1. The van der Waals surface area contributed by atoms with Crippen molar-refractivity contribution in [3.63, 3.8) is 0 Å². The Morgan fingerprint density at radius 2 is 2.10 bits per heavy atom. The van der Waals surface area contributed by atoms with E-state index in [1.807, 2.05) is 0 Å². The van der Waals surface area contributed by atoms with Crippen molar-refractivity contribution in [3.8, 4) is 0 Å². The molecule has 0 fully saturated rings. The predicted octanol–water partition coefficient (Wildman–Crippen LogP) is 0.383. The molecule has 0 aromatic heterocycles. The van der Waals surface area contributed by atoms with Crippen molar-refractivity contribution in [1.82, 2.24) is 5.32 Å². The maximum absolute atomic E-state index is 9.90. The standard InChI is InChI=1S/C6H14N2O2/c7-4-2-1-3-5-8-6(9)10/h8H,1-5,7H2,(H,9,10). The van der Waals surface area contributed by atoms with E-state index in [2.05, 4.69) is 5.32 Å². The van der Waals surface area contributed by atoms with Gasteiger partial charge in [0.2, 0.25) is 0 Å². The lowest BCUT2D eigenvalue weighted by Crippen LogP contribution is -2.21. The van der Waals surface area contributed by atoms with Gasteiger partial charge in [0, 0.05) is 6.54 Å². The third-order valence-corrected chi connectivity index (χ3v) is 1.16. The minimum Gasteiger partial charge on any atom is -0.465 e. The lowest BCUT2D eigenvalue weighted by Gasteiger charge is -1.98. The summed E-state index contributed by atoms with van der Waals surface area (Å²) in [7, 11) is 0. The average Bonchev–Trinajstić information content (AvgIpc) is 1.87. The van der Waals surface area contributed by atoms with E-state index in [4.69, 9.17) is 10.8 Å². The van der Waals surface area contributed by atoms with Gasteiger partial charge in [0.1, 0.15) is 0 Å². The normalized spacial score (nSPS) is 9.30. The molecule has 1 amide bonds. The van der Waals surface area contributed by atoms with Gasteiger partial charge in [0.15, 0.2) is 0 Å². The van der Waals surface area contributed by atoms with E-state index >= 15 is 0 Å². The summed E-state index contributed by atoms with van der Waals surface area (Å²) < 4.78 is 0. The smallest absolute Gasteiger partial charge is 0.404 e. The van der Waals surface area contributed by atoms with Gasteiger partial charge in [-0.2, -0.15) is 0 Å². The van der Waals surface area contributed by atoms with Crippen LogP contribution < -0.4 is 11.1 Å². The zero-order valence-electron chi connectivity index (χ0n) is 5.97. The molecule has 0 spiro atoms. The molecule has 0 radical (unpaired) electrons. The number of nitrogens with two attached hydrogens (primary N) is 1. The third-order valence-electron chi connectivity index (χ3n) is 1.16. The number of hydrogen-bond acceptors (Lipinski definition) is 2. The van der Waals surface area contributed by atoms with E-state index in [-0.39, 0.29) is 0 Å². The Labute approximate surface area is 60.4 Å². The molecule has 60 valence electrons. The SMILES string of the molecule is NCCCCCNC(=O)O. The summed E-state index contributed by atoms with van der Waals surface area (Å²) in [6, 6.07) is 0. The largest absolute Gasteiger partial charge is 0.465 e. The van der Waals surface area contributed by atoms with Crippen LogP contribution in [0.2, 0.25) is 0 Å². The van der Waals surface area contributed by atoms with Gasteiger partial charge >= 0.3 is 6.09 Å². The van der Waals surface area contributed by atoms with E-state index in [1.54, 1.807) is 0 Å². The fourth-order valence-electron chi connectivity index (χ4n) is 0.641. The summed E-state index contributed by atoms with van der Waals surface area (Å²) >= 11 is 0. The molecule has 4 heteroatoms. The van der Waals surface area contributed by atoms with Crippen LogP contribution >= 0.6 is 0 Å². The van der Waals surface area contributed by atoms with E-state index in [1.165, 1.54) is 0 Å². The Bertz CT molecular complexity index is 95.7. The number of hydrogen-bond donors (Lipinski definition) is 3. The third kappa shape index (κ3) is 7.23. The molecule has 0 saturated carbocycles. The molecule has 10 heavy (non-hydrogen) atoms. The second-order valence-corrected chi connectivity index (χ2v) is 2.08. The molecule has 0 aromatic rings. The first-order chi connectivity index (χ1) is 4.77. The molecule has 0 atom stereocenters. The average molecular weight is 146 g/mol. The summed E-state index contributed by atoms with van der Waals surface area (Å²) in [5, 5.41) is 10.4. The van der Waals surface area contributed by atoms with Crippen LogP contribution in [0.15, 0.2) is 0 Å². The number of carbonyl (C=O) groups is 1. The van der Waals surface area contributed by atoms with Gasteiger partial charge in [0.25, 0.3) is 0 Å². The molecule has 4 nitrogen and oxygen atoms in total. The first-order valence-corrected chi connectivity index (χ1v) is 3.44. The molecular formula is C6H14N2O2. The van der Waals surface area contributed by atoms with Gasteiger partial charge in [0.05, 0.1) is 0 Å². The summed E-state index contributed by atoms with van der Waals surface area (Å²) in [4.78, 5) is 9.90. The first-order valence-electron chi connectivity index (χ1n) is 3.44. The van der Waals surface area contributed by atoms with E-state index in [9.17, 15) is 4.79 Å². The van der Waals surface area contributed by atoms with Crippen LogP contribution in [-0.4, -0.2) is 24.3 Å². The molecule has 0 unspecified atom stereocenters. The van der Waals surface area contributed by atoms with Crippen molar-refractivity contribution in [3.05, 3.63) is 0 Å². The van der Waals surface area contributed by atoms with E-state index < -0.39 is 6.09 Å². The second-order valence-electron chi connectivity index (χ2n) is 2.08. The minimum atomic E-state index is -0.951. The van der Waals surface area contributed by atoms with E-state index in [0.29, 0.717) is 13.1 Å². The molecule has 0 saturated heterocycles. The highest BCUT2D eigenvalue weighted by atomic mass is 16.4.